The van der Waals surface area contributed by atoms with E-state index >= 15 is 0 Å². The number of hydrogen-bond acceptors (Lipinski definition) is 3. The molecule has 0 fully saturated rings. The third-order valence-electron chi connectivity index (χ3n) is 4.94. The Bertz CT molecular complexity index is 1060. The molecule has 31 heavy (non-hydrogen) atoms. The molecule has 5 nitrogen and oxygen atoms in total. The highest BCUT2D eigenvalue weighted by Crippen LogP contribution is 2.25. The second-order valence-corrected chi connectivity index (χ2v) is 7.84. The molecule has 1 N–H and O–H groups in total. The summed E-state index contributed by atoms with van der Waals surface area (Å²) in [6.45, 7) is 4.25. The Labute approximate surface area is 182 Å². The minimum atomic E-state index is -0.437. The fourth-order valence-corrected chi connectivity index (χ4v) is 3.46. The molecular weight excluding hydrogens is 388 g/mol. The van der Waals surface area contributed by atoms with E-state index in [0.717, 1.165) is 17.5 Å². The number of nitro benzene ring substituents is 1. The van der Waals surface area contributed by atoms with Crippen LogP contribution in [0, 0.1) is 16.0 Å². The Balaban J connectivity index is 1.98. The summed E-state index contributed by atoms with van der Waals surface area (Å²) in [5.74, 6) is 0.179. The molecule has 5 heteroatoms. The molecule has 3 rings (SSSR count). The van der Waals surface area contributed by atoms with Gasteiger partial charge in [0.25, 0.3) is 11.6 Å². The van der Waals surface area contributed by atoms with Crippen molar-refractivity contribution in [3.63, 3.8) is 0 Å². The van der Waals surface area contributed by atoms with Gasteiger partial charge in [0.15, 0.2) is 0 Å². The number of hydrogen-bond donors (Lipinski definition) is 1. The van der Waals surface area contributed by atoms with Gasteiger partial charge in [-0.3, -0.25) is 14.9 Å². The molecule has 0 spiro atoms. The van der Waals surface area contributed by atoms with Gasteiger partial charge in [-0.15, -0.1) is 0 Å². The van der Waals surface area contributed by atoms with E-state index in [1.165, 1.54) is 12.1 Å². The van der Waals surface area contributed by atoms with Crippen LogP contribution in [0.25, 0.3) is 11.6 Å². The molecule has 1 atom stereocenters. The first-order chi connectivity index (χ1) is 14.9. The van der Waals surface area contributed by atoms with Crippen LogP contribution >= 0.6 is 0 Å². The molecule has 0 saturated heterocycles. The Morgan fingerprint density at radius 2 is 1.61 bits per heavy atom. The minimum Gasteiger partial charge on any atom is -0.345 e. The van der Waals surface area contributed by atoms with Crippen LogP contribution < -0.4 is 5.32 Å². The van der Waals surface area contributed by atoms with Crippen LogP contribution in [0.3, 0.4) is 0 Å². The van der Waals surface area contributed by atoms with Gasteiger partial charge in [0.1, 0.15) is 0 Å². The van der Waals surface area contributed by atoms with E-state index < -0.39 is 4.92 Å². The number of nitro groups is 1. The highest BCUT2D eigenvalue weighted by Gasteiger charge is 2.20. The first-order valence-corrected chi connectivity index (χ1v) is 10.3. The average molecular weight is 415 g/mol. The van der Waals surface area contributed by atoms with Crippen molar-refractivity contribution in [2.75, 3.05) is 0 Å². The maximum absolute atomic E-state index is 13.4. The molecule has 0 aromatic heterocycles. The van der Waals surface area contributed by atoms with E-state index in [-0.39, 0.29) is 17.6 Å². The lowest BCUT2D eigenvalue weighted by Gasteiger charge is -2.22. The van der Waals surface area contributed by atoms with Gasteiger partial charge in [0, 0.05) is 17.7 Å². The minimum absolute atomic E-state index is 0.0106. The summed E-state index contributed by atoms with van der Waals surface area (Å²) in [7, 11) is 0. The van der Waals surface area contributed by atoms with Crippen molar-refractivity contribution in [1.29, 1.82) is 0 Å². The van der Waals surface area contributed by atoms with E-state index in [1.54, 1.807) is 18.2 Å². The summed E-state index contributed by atoms with van der Waals surface area (Å²) in [5, 5.41) is 14.3. The van der Waals surface area contributed by atoms with Crippen LogP contribution in [0.15, 0.2) is 84.9 Å². The molecule has 3 aromatic rings. The maximum atomic E-state index is 13.4. The van der Waals surface area contributed by atoms with E-state index in [0.29, 0.717) is 17.1 Å². The number of non-ortho nitro benzene ring substituents is 1. The summed E-state index contributed by atoms with van der Waals surface area (Å²) < 4.78 is 0. The van der Waals surface area contributed by atoms with Crippen molar-refractivity contribution in [2.24, 2.45) is 5.92 Å². The number of nitrogens with one attached hydrogen (secondary N) is 1. The molecule has 158 valence electrons. The first-order valence-electron chi connectivity index (χ1n) is 10.3. The number of nitrogens with zero attached hydrogens (tertiary/aromatic N) is 1. The predicted octanol–water partition coefficient (Wildman–Crippen LogP) is 6.04. The molecule has 0 aliphatic carbocycles. The molecule has 0 aliphatic rings. The lowest BCUT2D eigenvalue weighted by molar-refractivity contribution is -0.384. The van der Waals surface area contributed by atoms with Crippen LogP contribution in [-0.2, 0) is 4.79 Å². The molecule has 0 heterocycles. The number of carbonyl (C=O) groups is 1. The monoisotopic (exact) mass is 414 g/mol. The van der Waals surface area contributed by atoms with Crippen LogP contribution in [0.5, 0.6) is 0 Å². The number of amides is 1. The largest absolute Gasteiger partial charge is 0.345 e. The van der Waals surface area contributed by atoms with Gasteiger partial charge in [-0.1, -0.05) is 86.6 Å². The Kier molecular flexibility index (Phi) is 7.33. The third kappa shape index (κ3) is 6.12. The lowest BCUT2D eigenvalue weighted by atomic mass is 9.95. The molecular formula is C26H26N2O3. The summed E-state index contributed by atoms with van der Waals surface area (Å²) in [5.41, 5.74) is 2.85. The number of rotatable bonds is 8. The molecule has 3 aromatic carbocycles. The van der Waals surface area contributed by atoms with Gasteiger partial charge in [0.05, 0.1) is 11.0 Å². The first kappa shape index (κ1) is 22.0. The van der Waals surface area contributed by atoms with E-state index in [2.05, 4.69) is 19.2 Å². The van der Waals surface area contributed by atoms with E-state index in [1.807, 2.05) is 60.7 Å². The summed E-state index contributed by atoms with van der Waals surface area (Å²) in [6.07, 6.45) is 2.50. The molecule has 0 aliphatic heterocycles. The molecule has 0 radical (unpaired) electrons. The second kappa shape index (κ2) is 10.3. The van der Waals surface area contributed by atoms with Crippen molar-refractivity contribution < 1.29 is 9.72 Å². The Morgan fingerprint density at radius 3 is 2.23 bits per heavy atom. The highest BCUT2D eigenvalue weighted by atomic mass is 16.6. The van der Waals surface area contributed by atoms with Crippen molar-refractivity contribution >= 4 is 23.2 Å². The van der Waals surface area contributed by atoms with Crippen molar-refractivity contribution in [3.8, 4) is 0 Å². The van der Waals surface area contributed by atoms with Gasteiger partial charge in [-0.2, -0.15) is 0 Å². The Morgan fingerprint density at radius 1 is 0.968 bits per heavy atom. The highest BCUT2D eigenvalue weighted by molar-refractivity contribution is 6.24. The van der Waals surface area contributed by atoms with Gasteiger partial charge in [0.2, 0.25) is 0 Å². The fourth-order valence-electron chi connectivity index (χ4n) is 3.46. The molecule has 0 unspecified atom stereocenters. The van der Waals surface area contributed by atoms with Crippen LogP contribution in [0.1, 0.15) is 43.0 Å². The molecule has 0 bridgehead atoms. The maximum Gasteiger partial charge on any atom is 0.270 e. The topological polar surface area (TPSA) is 72.2 Å². The SMILES string of the molecule is CC(C)C[C@H](NC(=O)/C(=C/c1cccc([N+](=O)[O-])c1)c1ccccc1)c1ccccc1. The van der Waals surface area contributed by atoms with E-state index in [9.17, 15) is 14.9 Å². The average Bonchev–Trinajstić information content (AvgIpc) is 2.78. The summed E-state index contributed by atoms with van der Waals surface area (Å²) in [4.78, 5) is 24.1. The molecule has 0 saturated carbocycles. The van der Waals surface area contributed by atoms with Gasteiger partial charge in [-0.05, 0) is 35.1 Å². The third-order valence-corrected chi connectivity index (χ3v) is 4.94. The summed E-state index contributed by atoms with van der Waals surface area (Å²) in [6, 6.07) is 25.4. The van der Waals surface area contributed by atoms with E-state index in [4.69, 9.17) is 0 Å². The summed E-state index contributed by atoms with van der Waals surface area (Å²) >= 11 is 0. The zero-order valence-electron chi connectivity index (χ0n) is 17.7. The Hall–Kier alpha value is -3.73. The standard InChI is InChI=1S/C26H26N2O3/c1-19(2)16-25(22-13-7-4-8-14-22)27-26(29)24(21-11-5-3-6-12-21)18-20-10-9-15-23(17-20)28(30)31/h3-15,17-19,25H,16H2,1-2H3,(H,27,29)/b24-18+/t25-/m0/s1. The number of benzene rings is 3. The van der Waals surface area contributed by atoms with Gasteiger partial charge in [-0.25, -0.2) is 0 Å². The van der Waals surface area contributed by atoms with Crippen LogP contribution in [-0.4, -0.2) is 10.8 Å². The lowest BCUT2D eigenvalue weighted by Crippen LogP contribution is -2.30. The second-order valence-electron chi connectivity index (χ2n) is 7.84. The van der Waals surface area contributed by atoms with Crippen molar-refractivity contribution in [1.82, 2.24) is 5.32 Å². The quantitative estimate of drug-likeness (QED) is 0.211. The van der Waals surface area contributed by atoms with Crippen LogP contribution in [0.4, 0.5) is 5.69 Å². The number of carbonyl (C=O) groups excluding carboxylic acids is 1. The van der Waals surface area contributed by atoms with Gasteiger partial charge < -0.3 is 5.32 Å². The van der Waals surface area contributed by atoms with Crippen molar-refractivity contribution in [2.45, 2.75) is 26.3 Å². The normalized spacial score (nSPS) is 12.4. The van der Waals surface area contributed by atoms with Gasteiger partial charge >= 0.3 is 0 Å². The predicted molar refractivity (Wildman–Crippen MR) is 124 cm³/mol. The molecule has 1 amide bonds. The van der Waals surface area contributed by atoms with Crippen molar-refractivity contribution in [3.05, 3.63) is 112 Å². The smallest absolute Gasteiger partial charge is 0.270 e. The zero-order valence-corrected chi connectivity index (χ0v) is 17.7. The zero-order chi connectivity index (χ0) is 22.2. The fraction of sp³-hybridized carbons (Fsp3) is 0.192. The van der Waals surface area contributed by atoms with Crippen LogP contribution in [0.2, 0.25) is 0 Å².